The van der Waals surface area contributed by atoms with Gasteiger partial charge >= 0.3 is 5.82 Å². The van der Waals surface area contributed by atoms with Gasteiger partial charge in [-0.1, -0.05) is 38.5 Å². The largest absolute Gasteiger partial charge is 0.748 e. The zero-order valence-corrected chi connectivity index (χ0v) is 28.7. The van der Waals surface area contributed by atoms with Gasteiger partial charge in [-0.2, -0.15) is 0 Å². The molecular weight excluding hydrogens is 643 g/mol. The molecule has 1 aromatic carbocycles. The standard InChI is InChI=1S/C33H43N5O7S2/c1-32(2)25-13-11-19-37(20-12-22-46(40,41)42)31(25)35-28(32)14-7-5-8-15-29-33(3,4)26-23-24(47(43,44)45)17-18-27(26)38(29)21-10-6-9-16-30(39)36-34/h5,7-8,11,13-15,17-19,23H,6,9-10,12,16,20-22,34H2,1-4H3,(H2-,36,39,40,41,42,43,44,45)/p-1. The molecule has 14 heteroatoms. The van der Waals surface area contributed by atoms with E-state index in [-0.39, 0.29) is 17.2 Å². The molecule has 3 heterocycles. The van der Waals surface area contributed by atoms with Crippen LogP contribution in [0.2, 0.25) is 0 Å². The molecule has 47 heavy (non-hydrogen) atoms. The first kappa shape index (κ1) is 36.2. The smallest absolute Gasteiger partial charge is 0.327 e. The van der Waals surface area contributed by atoms with Gasteiger partial charge in [0.15, 0.2) is 5.71 Å². The first-order valence-electron chi connectivity index (χ1n) is 15.5. The molecule has 0 bridgehead atoms. The summed E-state index contributed by atoms with van der Waals surface area (Å²) in [4.78, 5) is 18.2. The second-order valence-electron chi connectivity index (χ2n) is 12.8. The number of amides is 1. The summed E-state index contributed by atoms with van der Waals surface area (Å²) >= 11 is 0. The molecule has 0 unspecified atom stereocenters. The average Bonchev–Trinajstić information content (AvgIpc) is 3.37. The second-order valence-corrected chi connectivity index (χ2v) is 15.7. The monoisotopic (exact) mass is 684 g/mol. The predicted molar refractivity (Wildman–Crippen MR) is 178 cm³/mol. The lowest BCUT2D eigenvalue weighted by Crippen LogP contribution is -2.35. The van der Waals surface area contributed by atoms with Crippen molar-refractivity contribution < 1.29 is 35.3 Å². The number of anilines is 1. The molecule has 12 nitrogen and oxygen atoms in total. The topological polar surface area (TPSA) is 189 Å². The maximum atomic E-state index is 11.8. The highest BCUT2D eigenvalue weighted by molar-refractivity contribution is 7.86. The van der Waals surface area contributed by atoms with Gasteiger partial charge in [0, 0.05) is 35.5 Å². The first-order valence-corrected chi connectivity index (χ1v) is 18.4. The van der Waals surface area contributed by atoms with E-state index in [2.05, 4.69) is 24.2 Å². The summed E-state index contributed by atoms with van der Waals surface area (Å²) in [7, 11) is -8.92. The van der Waals surface area contributed by atoms with Crippen molar-refractivity contribution in [2.24, 2.45) is 10.8 Å². The molecule has 2 aliphatic rings. The van der Waals surface area contributed by atoms with Crippen LogP contribution >= 0.6 is 0 Å². The number of fused-ring (bicyclic) bond motifs is 2. The van der Waals surface area contributed by atoms with Gasteiger partial charge in [0.2, 0.25) is 5.91 Å². The van der Waals surface area contributed by atoms with E-state index in [4.69, 9.17) is 10.8 Å². The normalized spacial score (nSPS) is 17.8. The quantitative estimate of drug-likeness (QED) is 0.0571. The van der Waals surface area contributed by atoms with E-state index in [1.165, 1.54) is 12.1 Å². The van der Waals surface area contributed by atoms with E-state index in [0.29, 0.717) is 25.9 Å². The van der Waals surface area contributed by atoms with Gasteiger partial charge in [-0.25, -0.2) is 27.2 Å². The first-order chi connectivity index (χ1) is 22.0. The number of carbonyl (C=O) groups excluding carboxylic acids is 1. The lowest BCUT2D eigenvalue weighted by atomic mass is 9.82. The van der Waals surface area contributed by atoms with E-state index < -0.39 is 36.8 Å². The number of aliphatic imine (C=N–C) groups is 1. The Hall–Kier alpha value is -3.69. The fourth-order valence-corrected chi connectivity index (χ4v) is 7.08. The van der Waals surface area contributed by atoms with Crippen LogP contribution in [0.25, 0.3) is 0 Å². The van der Waals surface area contributed by atoms with Gasteiger partial charge in [0.25, 0.3) is 0 Å². The Morgan fingerprint density at radius 3 is 2.40 bits per heavy atom. The van der Waals surface area contributed by atoms with Crippen molar-refractivity contribution in [2.75, 3.05) is 17.2 Å². The maximum Gasteiger partial charge on any atom is 0.327 e. The highest BCUT2D eigenvalue weighted by Crippen LogP contribution is 2.48. The third kappa shape index (κ3) is 8.43. The fraction of sp³-hybridized carbons (Fsp3) is 0.424. The van der Waals surface area contributed by atoms with E-state index in [9.17, 15) is 30.7 Å². The van der Waals surface area contributed by atoms with Gasteiger partial charge in [-0.15, -0.1) is 0 Å². The summed E-state index contributed by atoms with van der Waals surface area (Å²) in [6, 6.07) is 8.36. The number of benzene rings is 1. The van der Waals surface area contributed by atoms with Gasteiger partial charge in [-0.3, -0.25) is 10.2 Å². The highest BCUT2D eigenvalue weighted by atomic mass is 32.2. The van der Waals surface area contributed by atoms with Gasteiger partial charge in [0.1, 0.15) is 10.1 Å². The van der Waals surface area contributed by atoms with Crippen molar-refractivity contribution >= 4 is 43.4 Å². The second kappa shape index (κ2) is 14.2. The molecule has 1 aromatic heterocycles. The molecule has 0 spiro atoms. The molecule has 0 fully saturated rings. The number of nitrogens with zero attached hydrogens (tertiary/aromatic N) is 3. The minimum absolute atomic E-state index is 0.197. The Morgan fingerprint density at radius 2 is 1.72 bits per heavy atom. The van der Waals surface area contributed by atoms with E-state index in [0.717, 1.165) is 46.9 Å². The number of carbonyl (C=O) groups is 1. The molecule has 3 N–H and O–H groups in total. The lowest BCUT2D eigenvalue weighted by molar-refractivity contribution is -0.684. The number of aromatic nitrogens is 1. The summed E-state index contributed by atoms with van der Waals surface area (Å²) in [5.41, 5.74) is 5.48. The van der Waals surface area contributed by atoms with Crippen LogP contribution in [0.5, 0.6) is 0 Å². The number of unbranched alkanes of at least 4 members (excludes halogenated alkanes) is 2. The number of allylic oxidation sites excluding steroid dienone is 6. The Morgan fingerprint density at radius 1 is 0.979 bits per heavy atom. The Kier molecular flexibility index (Phi) is 10.9. The molecule has 0 radical (unpaired) electrons. The number of hydrazine groups is 1. The maximum absolute atomic E-state index is 11.8. The highest BCUT2D eigenvalue weighted by Gasteiger charge is 2.42. The molecule has 4 rings (SSSR count). The number of nitrogens with one attached hydrogen (secondary N) is 1. The number of pyridine rings is 1. The zero-order valence-electron chi connectivity index (χ0n) is 27.1. The van der Waals surface area contributed by atoms with Crippen LogP contribution in [0.4, 0.5) is 11.5 Å². The van der Waals surface area contributed by atoms with Crippen LogP contribution in [0.1, 0.15) is 70.9 Å². The summed E-state index contributed by atoms with van der Waals surface area (Å²) < 4.78 is 70.5. The van der Waals surface area contributed by atoms with Crippen LogP contribution in [-0.2, 0) is 42.4 Å². The average molecular weight is 685 g/mol. The molecule has 0 saturated heterocycles. The molecule has 2 aliphatic heterocycles. The van der Waals surface area contributed by atoms with Crippen molar-refractivity contribution in [3.8, 4) is 0 Å². The van der Waals surface area contributed by atoms with Crippen LogP contribution < -0.4 is 20.7 Å². The number of hydrogen-bond donors (Lipinski definition) is 2. The number of aryl methyl sites for hydroxylation is 1. The summed E-state index contributed by atoms with van der Waals surface area (Å²) in [5, 5.41) is 0. The molecule has 1 amide bonds. The minimum atomic E-state index is -4.63. The van der Waals surface area contributed by atoms with Crippen LogP contribution in [-0.4, -0.2) is 49.9 Å². The zero-order chi connectivity index (χ0) is 34.6. The molecule has 254 valence electrons. The molecular formula is C33H42N5O7S2-. The van der Waals surface area contributed by atoms with Crippen molar-refractivity contribution in [1.82, 2.24) is 5.43 Å². The third-order valence-electron chi connectivity index (χ3n) is 8.70. The fourth-order valence-electron chi connectivity index (χ4n) is 6.10. The van der Waals surface area contributed by atoms with E-state index in [1.807, 2.05) is 67.1 Å². The van der Waals surface area contributed by atoms with Crippen molar-refractivity contribution in [1.29, 1.82) is 0 Å². The third-order valence-corrected chi connectivity index (χ3v) is 10.3. The van der Waals surface area contributed by atoms with Gasteiger partial charge < -0.3 is 14.0 Å². The number of rotatable bonds is 14. The Balaban J connectivity index is 1.55. The van der Waals surface area contributed by atoms with Crippen molar-refractivity contribution in [3.63, 3.8) is 0 Å². The van der Waals surface area contributed by atoms with E-state index in [1.54, 1.807) is 6.07 Å². The van der Waals surface area contributed by atoms with Crippen LogP contribution in [0.15, 0.2) is 82.5 Å². The number of nitrogens with two attached hydrogens (primary N) is 1. The molecule has 2 aromatic rings. The summed E-state index contributed by atoms with van der Waals surface area (Å²) in [6.45, 7) is 9.09. The summed E-state index contributed by atoms with van der Waals surface area (Å²) in [5.74, 6) is 5.26. The SMILES string of the molecule is CC1(C)C(/C=C/C=C/C=C2\N(CCCCCC(=O)NN)c3ccc(S(=O)(=O)[O-])cc3C2(C)C)=Nc2c1ccc[n+]2CCCS(=O)(=O)[O-]. The minimum Gasteiger partial charge on any atom is -0.748 e. The predicted octanol–water partition coefficient (Wildman–Crippen LogP) is 3.52. The Labute approximate surface area is 277 Å². The summed E-state index contributed by atoms with van der Waals surface area (Å²) in [6.07, 6.45) is 14.2. The van der Waals surface area contributed by atoms with Crippen LogP contribution in [0, 0.1) is 0 Å². The van der Waals surface area contributed by atoms with E-state index >= 15 is 0 Å². The van der Waals surface area contributed by atoms with Gasteiger partial charge in [0.05, 0.1) is 38.7 Å². The number of hydrogen-bond acceptors (Lipinski definition) is 10. The molecule has 0 aliphatic carbocycles. The van der Waals surface area contributed by atoms with Gasteiger partial charge in [-0.05, 0) is 86.1 Å². The molecule has 0 atom stereocenters. The van der Waals surface area contributed by atoms with Crippen LogP contribution in [0.3, 0.4) is 0 Å². The lowest BCUT2D eigenvalue weighted by Gasteiger charge is -2.27. The van der Waals surface area contributed by atoms with Crippen molar-refractivity contribution in [2.45, 2.75) is 82.1 Å². The molecule has 0 saturated carbocycles. The Bertz CT molecular complexity index is 1860. The van der Waals surface area contributed by atoms with Crippen molar-refractivity contribution in [3.05, 3.63) is 83.7 Å².